The monoisotopic (exact) mass is 126 g/mol. The molecular weight excluding hydrogens is 116 g/mol. The highest BCUT2D eigenvalue weighted by atomic mass is 16.1. The lowest BCUT2D eigenvalue weighted by molar-refractivity contribution is -0.122. The Balaban J connectivity index is 2.11. The molecule has 0 aromatic heterocycles. The van der Waals surface area contributed by atoms with Crippen LogP contribution in [0.2, 0.25) is 0 Å². The molecule has 3 nitrogen and oxygen atoms in total. The number of amides is 1. The van der Waals surface area contributed by atoms with E-state index in [-0.39, 0.29) is 5.91 Å². The molecule has 0 aromatic rings. The zero-order valence-electron chi connectivity index (χ0n) is 5.18. The van der Waals surface area contributed by atoms with E-state index in [9.17, 15) is 4.79 Å². The minimum atomic E-state index is 0.209. The highest BCUT2D eigenvalue weighted by Crippen LogP contribution is 2.14. The van der Waals surface area contributed by atoms with Gasteiger partial charge in [0.25, 0.3) is 0 Å². The maximum atomic E-state index is 10.8. The van der Waals surface area contributed by atoms with Crippen LogP contribution in [-0.4, -0.2) is 24.5 Å². The molecule has 0 radical (unpaired) electrons. The molecule has 1 amide bonds. The summed E-state index contributed by atoms with van der Waals surface area (Å²) in [5.41, 5.74) is 0. The third-order valence-electron chi connectivity index (χ3n) is 2.02. The smallest absolute Gasteiger partial charge is 0.221 e. The molecule has 2 rings (SSSR count). The first kappa shape index (κ1) is 5.23. The Hall–Kier alpha value is -0.570. The van der Waals surface area contributed by atoms with Gasteiger partial charge in [-0.1, -0.05) is 0 Å². The first-order valence-corrected chi connectivity index (χ1v) is 3.37. The summed E-state index contributed by atoms with van der Waals surface area (Å²) in [6.45, 7) is 0.969. The third-order valence-corrected chi connectivity index (χ3v) is 2.02. The van der Waals surface area contributed by atoms with E-state index in [2.05, 4.69) is 10.6 Å². The van der Waals surface area contributed by atoms with Gasteiger partial charge < -0.3 is 10.6 Å². The first-order chi connectivity index (χ1) is 4.34. The van der Waals surface area contributed by atoms with Crippen LogP contribution in [0.5, 0.6) is 0 Å². The van der Waals surface area contributed by atoms with Crippen molar-refractivity contribution < 1.29 is 4.79 Å². The van der Waals surface area contributed by atoms with Crippen LogP contribution < -0.4 is 10.6 Å². The Bertz CT molecular complexity index is 132. The third kappa shape index (κ3) is 0.812. The van der Waals surface area contributed by atoms with Crippen LogP contribution in [-0.2, 0) is 4.79 Å². The molecule has 2 atom stereocenters. The summed E-state index contributed by atoms with van der Waals surface area (Å²) >= 11 is 0. The maximum Gasteiger partial charge on any atom is 0.221 e. The Morgan fingerprint density at radius 3 is 3.11 bits per heavy atom. The maximum absolute atomic E-state index is 10.8. The van der Waals surface area contributed by atoms with E-state index >= 15 is 0 Å². The number of rotatable bonds is 0. The molecule has 2 N–H and O–H groups in total. The number of carbonyl (C=O) groups is 1. The highest BCUT2D eigenvalue weighted by molar-refractivity contribution is 5.78. The van der Waals surface area contributed by atoms with E-state index in [0.29, 0.717) is 18.5 Å². The van der Waals surface area contributed by atoms with Crippen molar-refractivity contribution in [2.24, 2.45) is 0 Å². The quantitative estimate of drug-likeness (QED) is 0.448. The zero-order chi connectivity index (χ0) is 6.27. The average Bonchev–Trinajstić information content (AvgIpc) is 2.11. The van der Waals surface area contributed by atoms with Crippen molar-refractivity contribution in [1.29, 1.82) is 0 Å². The molecule has 2 fully saturated rings. The normalized spacial score (nSPS) is 40.7. The van der Waals surface area contributed by atoms with Gasteiger partial charge in [0, 0.05) is 25.0 Å². The lowest BCUT2D eigenvalue weighted by Crippen LogP contribution is -2.39. The molecule has 3 heteroatoms. The van der Waals surface area contributed by atoms with Crippen LogP contribution in [0.1, 0.15) is 12.8 Å². The van der Waals surface area contributed by atoms with E-state index in [0.717, 1.165) is 13.0 Å². The lowest BCUT2D eigenvalue weighted by atomic mass is 10.1. The van der Waals surface area contributed by atoms with Crippen LogP contribution in [0.25, 0.3) is 0 Å². The van der Waals surface area contributed by atoms with Crippen molar-refractivity contribution in [2.45, 2.75) is 24.9 Å². The fourth-order valence-electron chi connectivity index (χ4n) is 1.59. The predicted molar refractivity (Wildman–Crippen MR) is 33.0 cm³/mol. The Morgan fingerprint density at radius 1 is 1.44 bits per heavy atom. The average molecular weight is 126 g/mol. The first-order valence-electron chi connectivity index (χ1n) is 3.37. The summed E-state index contributed by atoms with van der Waals surface area (Å²) in [6, 6.07) is 0.903. The second-order valence-electron chi connectivity index (χ2n) is 2.81. The van der Waals surface area contributed by atoms with E-state index in [1.807, 2.05) is 0 Å². The van der Waals surface area contributed by atoms with Crippen LogP contribution in [0.3, 0.4) is 0 Å². The number of nitrogens with one attached hydrogen (secondary N) is 2. The molecular formula is C6H10N2O. The molecule has 0 spiro atoms. The molecule has 2 unspecified atom stereocenters. The van der Waals surface area contributed by atoms with Crippen LogP contribution >= 0.6 is 0 Å². The summed E-state index contributed by atoms with van der Waals surface area (Å²) in [5.74, 6) is 0.209. The molecule has 2 bridgehead atoms. The van der Waals surface area contributed by atoms with Crippen LogP contribution in [0.4, 0.5) is 0 Å². The van der Waals surface area contributed by atoms with Crippen LogP contribution in [0.15, 0.2) is 0 Å². The van der Waals surface area contributed by atoms with Gasteiger partial charge in [0.2, 0.25) is 5.91 Å². The lowest BCUT2D eigenvalue weighted by Gasteiger charge is -2.17. The molecule has 2 aliphatic heterocycles. The van der Waals surface area contributed by atoms with E-state index in [4.69, 9.17) is 0 Å². The van der Waals surface area contributed by atoms with Crippen molar-refractivity contribution in [3.05, 3.63) is 0 Å². The van der Waals surface area contributed by atoms with Gasteiger partial charge in [-0.3, -0.25) is 4.79 Å². The van der Waals surface area contributed by atoms with Crippen LogP contribution in [0, 0.1) is 0 Å². The Morgan fingerprint density at radius 2 is 2.33 bits per heavy atom. The number of piperidine rings is 1. The van der Waals surface area contributed by atoms with Gasteiger partial charge in [-0.2, -0.15) is 0 Å². The highest BCUT2D eigenvalue weighted by Gasteiger charge is 2.31. The number of hydrogen-bond donors (Lipinski definition) is 2. The van der Waals surface area contributed by atoms with E-state index in [1.54, 1.807) is 0 Å². The SMILES string of the molecule is O=C1CC2CC(CN2)N1. The minimum absolute atomic E-state index is 0.209. The van der Waals surface area contributed by atoms with Gasteiger partial charge >= 0.3 is 0 Å². The van der Waals surface area contributed by atoms with Gasteiger partial charge in [-0.25, -0.2) is 0 Å². The predicted octanol–water partition coefficient (Wildman–Crippen LogP) is -0.763. The molecule has 9 heavy (non-hydrogen) atoms. The van der Waals surface area contributed by atoms with Crippen molar-refractivity contribution in [3.8, 4) is 0 Å². The molecule has 0 aliphatic carbocycles. The summed E-state index contributed by atoms with van der Waals surface area (Å²) in [4.78, 5) is 10.8. The summed E-state index contributed by atoms with van der Waals surface area (Å²) < 4.78 is 0. The zero-order valence-corrected chi connectivity index (χ0v) is 5.18. The molecule has 2 saturated heterocycles. The van der Waals surface area contributed by atoms with Crippen molar-refractivity contribution >= 4 is 5.91 Å². The second kappa shape index (κ2) is 1.70. The number of hydrogen-bond acceptors (Lipinski definition) is 2. The van der Waals surface area contributed by atoms with Crippen molar-refractivity contribution in [1.82, 2.24) is 10.6 Å². The Labute approximate surface area is 53.8 Å². The molecule has 0 saturated carbocycles. The van der Waals surface area contributed by atoms with Crippen molar-refractivity contribution in [3.63, 3.8) is 0 Å². The van der Waals surface area contributed by atoms with E-state index in [1.165, 1.54) is 0 Å². The Kier molecular flexibility index (Phi) is 0.990. The van der Waals surface area contributed by atoms with Gasteiger partial charge in [0.15, 0.2) is 0 Å². The fraction of sp³-hybridized carbons (Fsp3) is 0.833. The molecule has 0 aromatic carbocycles. The molecule has 2 aliphatic rings. The van der Waals surface area contributed by atoms with Gasteiger partial charge in [-0.05, 0) is 6.42 Å². The fourth-order valence-corrected chi connectivity index (χ4v) is 1.59. The number of fused-ring (bicyclic) bond motifs is 2. The summed E-state index contributed by atoms with van der Waals surface area (Å²) in [6.07, 6.45) is 1.81. The standard InChI is InChI=1S/C6H10N2O/c9-6-2-4-1-5(8-6)3-7-4/h4-5,7H,1-3H2,(H,8,9). The minimum Gasteiger partial charge on any atom is -0.352 e. The topological polar surface area (TPSA) is 41.1 Å². The van der Waals surface area contributed by atoms with Gasteiger partial charge in [0.1, 0.15) is 0 Å². The van der Waals surface area contributed by atoms with Gasteiger partial charge in [0.05, 0.1) is 0 Å². The van der Waals surface area contributed by atoms with Gasteiger partial charge in [-0.15, -0.1) is 0 Å². The van der Waals surface area contributed by atoms with Crippen molar-refractivity contribution in [2.75, 3.05) is 6.54 Å². The molecule has 50 valence electrons. The summed E-state index contributed by atoms with van der Waals surface area (Å²) in [5, 5.41) is 6.17. The molecule has 2 heterocycles. The largest absolute Gasteiger partial charge is 0.352 e. The number of carbonyl (C=O) groups excluding carboxylic acids is 1. The van der Waals surface area contributed by atoms with E-state index < -0.39 is 0 Å². The summed E-state index contributed by atoms with van der Waals surface area (Å²) in [7, 11) is 0. The second-order valence-corrected chi connectivity index (χ2v) is 2.81.